The van der Waals surface area contributed by atoms with Gasteiger partial charge in [-0.2, -0.15) is 0 Å². The van der Waals surface area contributed by atoms with Crippen molar-refractivity contribution in [2.75, 3.05) is 0 Å². The second kappa shape index (κ2) is 9.32. The SMILES string of the molecule is Cc1ccc(S/C(=C(\c2ccc(C)cc2)c2ccc(F)cc2)c2ccc(F)cc2)cc1. The van der Waals surface area contributed by atoms with Crippen LogP contribution in [-0.4, -0.2) is 0 Å². The largest absolute Gasteiger partial charge is 0.207 e. The fourth-order valence-corrected chi connectivity index (χ4v) is 4.44. The van der Waals surface area contributed by atoms with E-state index in [1.807, 2.05) is 6.92 Å². The fraction of sp³-hybridized carbons (Fsp3) is 0.0714. The standard InChI is InChI=1S/C28H22F2S/c1-19-3-7-21(8-4-19)27(22-9-13-24(29)14-10-22)28(23-11-15-25(30)16-12-23)31-26-17-5-20(2)6-18-26/h3-18H,1-2H3/b28-27+. The quantitative estimate of drug-likeness (QED) is 0.228. The number of benzene rings is 4. The number of hydrogen-bond acceptors (Lipinski definition) is 1. The molecule has 0 aliphatic carbocycles. The molecule has 4 aromatic rings. The minimum atomic E-state index is -0.276. The molecule has 0 aliphatic rings. The zero-order valence-corrected chi connectivity index (χ0v) is 18.2. The van der Waals surface area contributed by atoms with Crippen LogP contribution >= 0.6 is 11.8 Å². The van der Waals surface area contributed by atoms with Crippen molar-refractivity contribution in [3.63, 3.8) is 0 Å². The van der Waals surface area contributed by atoms with Crippen molar-refractivity contribution in [2.45, 2.75) is 18.7 Å². The maximum atomic E-state index is 13.7. The Kier molecular flexibility index (Phi) is 6.34. The van der Waals surface area contributed by atoms with Crippen LogP contribution < -0.4 is 0 Å². The molecular weight excluding hydrogens is 406 g/mol. The Hall–Kier alpha value is -3.17. The van der Waals surface area contributed by atoms with Gasteiger partial charge in [0.2, 0.25) is 0 Å². The second-order valence-electron chi connectivity index (χ2n) is 7.50. The van der Waals surface area contributed by atoms with Gasteiger partial charge in [-0.15, -0.1) is 0 Å². The van der Waals surface area contributed by atoms with Gasteiger partial charge in [-0.05, 0) is 66.9 Å². The Morgan fingerprint density at radius 3 is 1.39 bits per heavy atom. The minimum absolute atomic E-state index is 0.276. The van der Waals surface area contributed by atoms with Crippen LogP contribution in [0.25, 0.3) is 10.5 Å². The summed E-state index contributed by atoms with van der Waals surface area (Å²) in [6.45, 7) is 4.11. The van der Waals surface area contributed by atoms with Gasteiger partial charge < -0.3 is 0 Å². The molecule has 31 heavy (non-hydrogen) atoms. The van der Waals surface area contributed by atoms with E-state index in [9.17, 15) is 8.78 Å². The number of halogens is 2. The predicted octanol–water partition coefficient (Wildman–Crippen LogP) is 8.29. The van der Waals surface area contributed by atoms with E-state index in [1.165, 1.54) is 29.8 Å². The molecule has 0 unspecified atom stereocenters. The third-order valence-electron chi connectivity index (χ3n) is 5.05. The third-order valence-corrected chi connectivity index (χ3v) is 6.20. The first kappa shape index (κ1) is 21.1. The van der Waals surface area contributed by atoms with Crippen molar-refractivity contribution >= 4 is 22.2 Å². The van der Waals surface area contributed by atoms with Crippen LogP contribution in [0.1, 0.15) is 27.8 Å². The average molecular weight is 429 g/mol. The first-order chi connectivity index (χ1) is 15.0. The zero-order valence-electron chi connectivity index (χ0n) is 17.4. The second-order valence-corrected chi connectivity index (χ2v) is 8.58. The Morgan fingerprint density at radius 1 is 0.516 bits per heavy atom. The van der Waals surface area contributed by atoms with E-state index < -0.39 is 0 Å². The molecule has 0 saturated heterocycles. The highest BCUT2D eigenvalue weighted by Crippen LogP contribution is 2.43. The topological polar surface area (TPSA) is 0 Å². The van der Waals surface area contributed by atoms with Crippen molar-refractivity contribution in [2.24, 2.45) is 0 Å². The van der Waals surface area contributed by atoms with Crippen LogP contribution in [0.4, 0.5) is 8.78 Å². The lowest BCUT2D eigenvalue weighted by Crippen LogP contribution is -1.95. The summed E-state index contributed by atoms with van der Waals surface area (Å²) in [5.74, 6) is -0.552. The molecule has 3 heteroatoms. The molecule has 0 aliphatic heterocycles. The zero-order chi connectivity index (χ0) is 21.8. The molecule has 0 spiro atoms. The van der Waals surface area contributed by atoms with Crippen molar-refractivity contribution in [3.05, 3.63) is 137 Å². The van der Waals surface area contributed by atoms with Crippen LogP contribution in [0.5, 0.6) is 0 Å². The molecule has 0 heterocycles. The molecule has 0 saturated carbocycles. The van der Waals surface area contributed by atoms with Crippen molar-refractivity contribution < 1.29 is 8.78 Å². The van der Waals surface area contributed by atoms with Crippen molar-refractivity contribution in [1.82, 2.24) is 0 Å². The smallest absolute Gasteiger partial charge is 0.123 e. The maximum absolute atomic E-state index is 13.7. The van der Waals surface area contributed by atoms with Gasteiger partial charge in [0, 0.05) is 15.4 Å². The highest BCUT2D eigenvalue weighted by Gasteiger charge is 2.16. The van der Waals surface area contributed by atoms with Crippen LogP contribution in [-0.2, 0) is 0 Å². The molecule has 0 atom stereocenters. The first-order valence-electron chi connectivity index (χ1n) is 10.1. The Labute approximate surface area is 186 Å². The van der Waals surface area contributed by atoms with Gasteiger partial charge in [0.15, 0.2) is 0 Å². The highest BCUT2D eigenvalue weighted by atomic mass is 32.2. The van der Waals surface area contributed by atoms with E-state index in [-0.39, 0.29) is 11.6 Å². The van der Waals surface area contributed by atoms with Crippen molar-refractivity contribution in [3.8, 4) is 0 Å². The van der Waals surface area contributed by atoms with E-state index >= 15 is 0 Å². The van der Waals surface area contributed by atoms with Gasteiger partial charge in [0.05, 0.1) is 0 Å². The molecule has 154 valence electrons. The summed E-state index contributed by atoms with van der Waals surface area (Å²) in [4.78, 5) is 2.07. The molecule has 0 fully saturated rings. The number of thioether (sulfide) groups is 1. The summed E-state index contributed by atoms with van der Waals surface area (Å²) >= 11 is 1.63. The predicted molar refractivity (Wildman–Crippen MR) is 127 cm³/mol. The number of aryl methyl sites for hydroxylation is 2. The van der Waals surface area contributed by atoms with Gasteiger partial charge in [0.25, 0.3) is 0 Å². The summed E-state index contributed by atoms with van der Waals surface area (Å²) in [5.41, 5.74) is 6.18. The molecule has 0 radical (unpaired) electrons. The Balaban J connectivity index is 1.97. The monoisotopic (exact) mass is 428 g/mol. The Morgan fingerprint density at radius 2 is 0.903 bits per heavy atom. The summed E-state index contributed by atoms with van der Waals surface area (Å²) in [5, 5.41) is 0. The lowest BCUT2D eigenvalue weighted by atomic mass is 9.94. The van der Waals surface area contributed by atoms with Crippen LogP contribution in [0, 0.1) is 25.5 Å². The highest BCUT2D eigenvalue weighted by molar-refractivity contribution is 8.08. The molecule has 4 aromatic carbocycles. The average Bonchev–Trinajstić information content (AvgIpc) is 2.78. The normalized spacial score (nSPS) is 11.9. The van der Waals surface area contributed by atoms with Crippen LogP contribution in [0.15, 0.2) is 102 Å². The summed E-state index contributed by atoms with van der Waals surface area (Å²) in [6, 6.07) is 29.7. The molecule has 0 nitrogen and oxygen atoms in total. The van der Waals surface area contributed by atoms with E-state index in [2.05, 4.69) is 55.5 Å². The maximum Gasteiger partial charge on any atom is 0.123 e. The van der Waals surface area contributed by atoms with E-state index in [0.29, 0.717) is 0 Å². The molecule has 4 rings (SSSR count). The molecule has 0 amide bonds. The Bertz CT molecular complexity index is 1140. The van der Waals surface area contributed by atoms with Gasteiger partial charge in [-0.25, -0.2) is 8.78 Å². The number of hydrogen-bond donors (Lipinski definition) is 0. The summed E-state index contributed by atoms with van der Waals surface area (Å²) < 4.78 is 27.4. The minimum Gasteiger partial charge on any atom is -0.207 e. The summed E-state index contributed by atoms with van der Waals surface area (Å²) in [7, 11) is 0. The van der Waals surface area contributed by atoms with Gasteiger partial charge >= 0.3 is 0 Å². The fourth-order valence-electron chi connectivity index (χ4n) is 3.35. The number of rotatable bonds is 5. The molecular formula is C28H22F2S. The molecule has 0 N–H and O–H groups in total. The van der Waals surface area contributed by atoms with Crippen molar-refractivity contribution in [1.29, 1.82) is 0 Å². The van der Waals surface area contributed by atoms with Gasteiger partial charge in [0.1, 0.15) is 11.6 Å². The van der Waals surface area contributed by atoms with Gasteiger partial charge in [-0.1, -0.05) is 83.6 Å². The lowest BCUT2D eigenvalue weighted by Gasteiger charge is -2.17. The first-order valence-corrected chi connectivity index (χ1v) is 10.9. The molecule has 0 bridgehead atoms. The molecule has 0 aromatic heterocycles. The van der Waals surface area contributed by atoms with E-state index in [4.69, 9.17) is 0 Å². The van der Waals surface area contributed by atoms with E-state index in [0.717, 1.165) is 37.6 Å². The third kappa shape index (κ3) is 5.12. The van der Waals surface area contributed by atoms with Gasteiger partial charge in [-0.3, -0.25) is 0 Å². The summed E-state index contributed by atoms with van der Waals surface area (Å²) in [6.07, 6.45) is 0. The van der Waals surface area contributed by atoms with Crippen LogP contribution in [0.3, 0.4) is 0 Å². The van der Waals surface area contributed by atoms with Crippen LogP contribution in [0.2, 0.25) is 0 Å². The lowest BCUT2D eigenvalue weighted by molar-refractivity contribution is 0.627. The van der Waals surface area contributed by atoms with E-state index in [1.54, 1.807) is 36.0 Å².